The molecule has 7 heteroatoms. The van der Waals surface area contributed by atoms with Crippen LogP contribution in [-0.2, 0) is 23.9 Å². The number of ketones is 1. The number of allylic oxidation sites excluding steroid dienone is 5. The highest BCUT2D eigenvalue weighted by Crippen LogP contribution is 2.27. The Morgan fingerprint density at radius 2 is 1.88 bits per heavy atom. The molecule has 0 unspecified atom stereocenters. The normalized spacial score (nSPS) is 20.2. The van der Waals surface area contributed by atoms with Gasteiger partial charge in [0.15, 0.2) is 5.78 Å². The molecule has 0 aliphatic heterocycles. The topological polar surface area (TPSA) is 110 Å². The molecule has 0 bridgehead atoms. The summed E-state index contributed by atoms with van der Waals surface area (Å²) in [6.45, 7) is 2.96. The quantitative estimate of drug-likeness (QED) is 0.211. The minimum Gasteiger partial charge on any atom is -0.463 e. The van der Waals surface area contributed by atoms with Gasteiger partial charge in [-0.05, 0) is 37.7 Å². The van der Waals surface area contributed by atoms with Gasteiger partial charge in [0, 0.05) is 19.3 Å². The summed E-state index contributed by atoms with van der Waals surface area (Å²) in [6, 6.07) is 0. The van der Waals surface area contributed by atoms with E-state index in [1.165, 1.54) is 6.92 Å². The molecule has 1 rings (SSSR count). The maximum Gasteiger partial charge on any atom is 0.305 e. The average Bonchev–Trinajstić information content (AvgIpc) is 3.11. The zero-order valence-corrected chi connectivity index (χ0v) is 19.3. The number of ether oxygens (including phenoxy) is 2. The van der Waals surface area contributed by atoms with Crippen molar-refractivity contribution in [3.05, 3.63) is 36.5 Å². The largest absolute Gasteiger partial charge is 0.463 e. The fraction of sp³-hybridized carbons (Fsp3) is 0.640. The molecule has 4 atom stereocenters. The third-order valence-electron chi connectivity index (χ3n) is 5.18. The lowest BCUT2D eigenvalue weighted by Gasteiger charge is -2.13. The first-order valence-electron chi connectivity index (χ1n) is 11.5. The van der Waals surface area contributed by atoms with Crippen LogP contribution in [0.15, 0.2) is 36.5 Å². The van der Waals surface area contributed by atoms with Gasteiger partial charge in [0.05, 0.1) is 6.10 Å². The van der Waals surface area contributed by atoms with E-state index in [-0.39, 0.29) is 37.3 Å². The zero-order valence-electron chi connectivity index (χ0n) is 19.3. The Hall–Kier alpha value is -2.25. The van der Waals surface area contributed by atoms with E-state index in [1.807, 2.05) is 24.3 Å². The Labute approximate surface area is 191 Å². The van der Waals surface area contributed by atoms with Crippen LogP contribution in [0.2, 0.25) is 0 Å². The number of esters is 2. The molecule has 0 heterocycles. The molecule has 0 aromatic heterocycles. The summed E-state index contributed by atoms with van der Waals surface area (Å²) in [5.41, 5.74) is 0. The highest BCUT2D eigenvalue weighted by molar-refractivity contribution is 5.95. The Balaban J connectivity index is 2.24. The van der Waals surface area contributed by atoms with Gasteiger partial charge in [0.25, 0.3) is 0 Å². The van der Waals surface area contributed by atoms with Gasteiger partial charge in [-0.25, -0.2) is 0 Å². The average molecular weight is 451 g/mol. The molecular weight excluding hydrogens is 412 g/mol. The van der Waals surface area contributed by atoms with Crippen LogP contribution in [0, 0.1) is 11.8 Å². The van der Waals surface area contributed by atoms with Gasteiger partial charge in [-0.2, -0.15) is 0 Å². The first kappa shape index (κ1) is 27.8. The van der Waals surface area contributed by atoms with Crippen LogP contribution in [0.1, 0.15) is 65.2 Å². The van der Waals surface area contributed by atoms with Crippen molar-refractivity contribution in [2.75, 3.05) is 13.2 Å². The summed E-state index contributed by atoms with van der Waals surface area (Å²) in [6.07, 6.45) is 15.8. The van der Waals surface area contributed by atoms with E-state index < -0.39 is 24.1 Å². The lowest BCUT2D eigenvalue weighted by molar-refractivity contribution is -0.151. The monoisotopic (exact) mass is 450 g/mol. The zero-order chi connectivity index (χ0) is 23.8. The minimum absolute atomic E-state index is 0.0686. The van der Waals surface area contributed by atoms with E-state index in [0.717, 1.165) is 32.1 Å². The Kier molecular flexibility index (Phi) is 14.2. The summed E-state index contributed by atoms with van der Waals surface area (Å²) in [4.78, 5) is 34.4. The van der Waals surface area contributed by atoms with E-state index in [1.54, 1.807) is 12.2 Å². The molecular formula is C25H38O7. The second-order valence-electron chi connectivity index (χ2n) is 8.14. The SMILES string of the molecule is CCCCC[C@H](O)/C=C/[C@H]1C(=O)C=C[C@@H]1C/C=C\CCCC(=O)OC[C@@H](O)COC(C)=O. The number of rotatable bonds is 16. The molecule has 0 saturated carbocycles. The Bertz CT molecular complexity index is 665. The number of unbranched alkanes of at least 4 members (excludes halogenated alkanes) is 3. The van der Waals surface area contributed by atoms with Crippen LogP contribution >= 0.6 is 0 Å². The van der Waals surface area contributed by atoms with Gasteiger partial charge in [-0.1, -0.05) is 56.6 Å². The van der Waals surface area contributed by atoms with Crippen molar-refractivity contribution in [3.8, 4) is 0 Å². The molecule has 1 aliphatic carbocycles. The van der Waals surface area contributed by atoms with Gasteiger partial charge < -0.3 is 19.7 Å². The maximum absolute atomic E-state index is 12.1. The van der Waals surface area contributed by atoms with E-state index in [4.69, 9.17) is 4.74 Å². The van der Waals surface area contributed by atoms with Crippen LogP contribution in [0.25, 0.3) is 0 Å². The van der Waals surface area contributed by atoms with Gasteiger partial charge in [0.1, 0.15) is 19.3 Å². The highest BCUT2D eigenvalue weighted by atomic mass is 16.6. The number of hydrogen-bond acceptors (Lipinski definition) is 7. The summed E-state index contributed by atoms with van der Waals surface area (Å²) in [7, 11) is 0. The van der Waals surface area contributed by atoms with Crippen molar-refractivity contribution in [2.24, 2.45) is 11.8 Å². The van der Waals surface area contributed by atoms with Crippen molar-refractivity contribution >= 4 is 17.7 Å². The van der Waals surface area contributed by atoms with Crippen molar-refractivity contribution in [2.45, 2.75) is 77.4 Å². The van der Waals surface area contributed by atoms with Crippen LogP contribution in [0.3, 0.4) is 0 Å². The number of aliphatic hydroxyl groups is 2. The van der Waals surface area contributed by atoms with Gasteiger partial charge in [-0.15, -0.1) is 0 Å². The smallest absolute Gasteiger partial charge is 0.305 e. The van der Waals surface area contributed by atoms with Crippen LogP contribution in [-0.4, -0.2) is 53.4 Å². The van der Waals surface area contributed by atoms with Gasteiger partial charge >= 0.3 is 11.9 Å². The van der Waals surface area contributed by atoms with E-state index in [0.29, 0.717) is 12.8 Å². The molecule has 0 fully saturated rings. The van der Waals surface area contributed by atoms with E-state index in [2.05, 4.69) is 11.7 Å². The molecule has 0 spiro atoms. The first-order valence-corrected chi connectivity index (χ1v) is 11.5. The lowest BCUT2D eigenvalue weighted by Crippen LogP contribution is -2.24. The Morgan fingerprint density at radius 3 is 2.59 bits per heavy atom. The fourth-order valence-electron chi connectivity index (χ4n) is 3.33. The van der Waals surface area contributed by atoms with Crippen molar-refractivity contribution in [1.29, 1.82) is 0 Å². The van der Waals surface area contributed by atoms with Gasteiger partial charge in [0.2, 0.25) is 0 Å². The first-order chi connectivity index (χ1) is 15.3. The van der Waals surface area contributed by atoms with Gasteiger partial charge in [-0.3, -0.25) is 14.4 Å². The number of hydrogen-bond donors (Lipinski definition) is 2. The summed E-state index contributed by atoms with van der Waals surface area (Å²) < 4.78 is 9.58. The molecule has 2 N–H and O–H groups in total. The maximum atomic E-state index is 12.1. The summed E-state index contributed by atoms with van der Waals surface area (Å²) in [5.74, 6) is -0.983. The Morgan fingerprint density at radius 1 is 1.12 bits per heavy atom. The van der Waals surface area contributed by atoms with E-state index in [9.17, 15) is 24.6 Å². The molecule has 32 heavy (non-hydrogen) atoms. The van der Waals surface area contributed by atoms with E-state index >= 15 is 0 Å². The number of aliphatic hydroxyl groups excluding tert-OH is 2. The molecule has 1 aliphatic rings. The summed E-state index contributed by atoms with van der Waals surface area (Å²) in [5, 5.41) is 19.6. The molecule has 7 nitrogen and oxygen atoms in total. The number of carbonyl (C=O) groups is 3. The molecule has 0 aromatic rings. The van der Waals surface area contributed by atoms with Crippen LogP contribution in [0.4, 0.5) is 0 Å². The second kappa shape index (κ2) is 16.4. The van der Waals surface area contributed by atoms with Crippen molar-refractivity contribution in [1.82, 2.24) is 0 Å². The third kappa shape index (κ3) is 12.6. The predicted octanol–water partition coefficient (Wildman–Crippen LogP) is 3.44. The fourth-order valence-corrected chi connectivity index (χ4v) is 3.33. The molecule has 0 saturated heterocycles. The lowest BCUT2D eigenvalue weighted by atomic mass is 9.90. The number of carbonyl (C=O) groups excluding carboxylic acids is 3. The molecule has 0 amide bonds. The van der Waals surface area contributed by atoms with Crippen molar-refractivity contribution < 1.29 is 34.1 Å². The van der Waals surface area contributed by atoms with Crippen LogP contribution < -0.4 is 0 Å². The molecule has 180 valence electrons. The van der Waals surface area contributed by atoms with Crippen LogP contribution in [0.5, 0.6) is 0 Å². The minimum atomic E-state index is -1.02. The predicted molar refractivity (Wildman–Crippen MR) is 122 cm³/mol. The molecule has 0 radical (unpaired) electrons. The third-order valence-corrected chi connectivity index (χ3v) is 5.18. The highest BCUT2D eigenvalue weighted by Gasteiger charge is 2.26. The van der Waals surface area contributed by atoms with Crippen molar-refractivity contribution in [3.63, 3.8) is 0 Å². The molecule has 0 aromatic carbocycles. The second-order valence-corrected chi connectivity index (χ2v) is 8.14. The standard InChI is InChI=1S/C25H38O7/c1-3-4-7-11-21(27)14-15-23-20(13-16-24(23)29)10-8-5-6-9-12-25(30)32-18-22(28)17-31-19(2)26/h5,8,13-16,20-23,27-28H,3-4,6-7,9-12,17-18H2,1-2H3/b8-5-,15-14+/t20-,21-,22-,23+/m0/s1. The summed E-state index contributed by atoms with van der Waals surface area (Å²) >= 11 is 0.